The van der Waals surface area contributed by atoms with Crippen molar-refractivity contribution < 1.29 is 9.18 Å². The number of rotatable bonds is 3. The van der Waals surface area contributed by atoms with Crippen LogP contribution >= 0.6 is 24.0 Å². The molecule has 4 rings (SSSR count). The van der Waals surface area contributed by atoms with Crippen molar-refractivity contribution in [2.24, 2.45) is 0 Å². The number of thiocarbonyl (C=S) groups is 1. The van der Waals surface area contributed by atoms with Crippen LogP contribution in [0.25, 0.3) is 17.0 Å². The van der Waals surface area contributed by atoms with Gasteiger partial charge in [-0.15, -0.1) is 0 Å². The molecule has 2 aromatic carbocycles. The van der Waals surface area contributed by atoms with Crippen LogP contribution in [0.2, 0.25) is 0 Å². The standard InChI is InChI=1S/C20H15FN2OS2/c1-12-16(10-18-19(24)22-20(25)26-18)15-4-2-3-5-17(15)23(12)11-13-6-8-14(21)9-7-13/h2-10H,11H2,1H3,(H,22,24,25)/b18-10-. The zero-order valence-electron chi connectivity index (χ0n) is 14.0. The Kier molecular flexibility index (Phi) is 4.38. The van der Waals surface area contributed by atoms with Crippen molar-refractivity contribution in [1.29, 1.82) is 0 Å². The maximum atomic E-state index is 13.2. The number of carbonyl (C=O) groups excluding carboxylic acids is 1. The molecule has 3 nitrogen and oxygen atoms in total. The first-order valence-electron chi connectivity index (χ1n) is 8.10. The molecule has 0 radical (unpaired) electrons. The van der Waals surface area contributed by atoms with Gasteiger partial charge in [-0.2, -0.15) is 0 Å². The number of para-hydroxylation sites is 1. The van der Waals surface area contributed by atoms with E-state index >= 15 is 0 Å². The van der Waals surface area contributed by atoms with E-state index in [9.17, 15) is 9.18 Å². The van der Waals surface area contributed by atoms with E-state index in [1.54, 1.807) is 12.1 Å². The Morgan fingerprint density at radius 3 is 2.62 bits per heavy atom. The molecule has 1 aliphatic heterocycles. The number of carbonyl (C=O) groups is 1. The van der Waals surface area contributed by atoms with Gasteiger partial charge in [0.2, 0.25) is 0 Å². The first kappa shape index (κ1) is 17.0. The van der Waals surface area contributed by atoms with Crippen molar-refractivity contribution >= 4 is 51.2 Å². The molecule has 3 aromatic rings. The van der Waals surface area contributed by atoms with E-state index in [2.05, 4.69) is 16.0 Å². The van der Waals surface area contributed by atoms with Crippen molar-refractivity contribution in [3.63, 3.8) is 0 Å². The van der Waals surface area contributed by atoms with E-state index in [4.69, 9.17) is 12.2 Å². The molecule has 26 heavy (non-hydrogen) atoms. The Hall–Kier alpha value is -2.44. The molecule has 1 aliphatic rings. The third-order valence-electron chi connectivity index (χ3n) is 4.45. The van der Waals surface area contributed by atoms with Gasteiger partial charge in [-0.05, 0) is 36.8 Å². The van der Waals surface area contributed by atoms with Gasteiger partial charge in [0.05, 0.1) is 4.91 Å². The zero-order valence-corrected chi connectivity index (χ0v) is 15.6. The normalized spacial score (nSPS) is 15.8. The van der Waals surface area contributed by atoms with E-state index in [0.29, 0.717) is 15.8 Å². The maximum absolute atomic E-state index is 13.2. The molecule has 0 bridgehead atoms. The van der Waals surface area contributed by atoms with Gasteiger partial charge in [-0.3, -0.25) is 4.79 Å². The number of fused-ring (bicyclic) bond motifs is 1. The number of amides is 1. The average molecular weight is 382 g/mol. The van der Waals surface area contributed by atoms with Crippen LogP contribution < -0.4 is 5.32 Å². The summed E-state index contributed by atoms with van der Waals surface area (Å²) < 4.78 is 15.9. The van der Waals surface area contributed by atoms with Crippen molar-refractivity contribution in [3.05, 3.63) is 76.1 Å². The van der Waals surface area contributed by atoms with E-state index in [1.165, 1.54) is 23.9 Å². The third-order valence-corrected chi connectivity index (χ3v) is 5.61. The Morgan fingerprint density at radius 1 is 1.19 bits per heavy atom. The van der Waals surface area contributed by atoms with E-state index in [0.717, 1.165) is 27.7 Å². The molecule has 1 N–H and O–H groups in total. The molecule has 130 valence electrons. The summed E-state index contributed by atoms with van der Waals surface area (Å²) in [5.41, 5.74) is 4.15. The molecule has 1 amide bonds. The molecule has 1 fully saturated rings. The van der Waals surface area contributed by atoms with Gasteiger partial charge in [0.25, 0.3) is 5.91 Å². The highest BCUT2D eigenvalue weighted by Crippen LogP contribution is 2.32. The lowest BCUT2D eigenvalue weighted by atomic mass is 10.1. The molecule has 0 spiro atoms. The lowest BCUT2D eigenvalue weighted by Crippen LogP contribution is -2.17. The Bertz CT molecular complexity index is 1070. The number of benzene rings is 2. The summed E-state index contributed by atoms with van der Waals surface area (Å²) in [4.78, 5) is 12.6. The summed E-state index contributed by atoms with van der Waals surface area (Å²) in [5.74, 6) is -0.400. The van der Waals surface area contributed by atoms with Gasteiger partial charge in [0, 0.05) is 28.7 Å². The molecule has 2 heterocycles. The molecule has 6 heteroatoms. The highest BCUT2D eigenvalue weighted by Gasteiger charge is 2.23. The first-order chi connectivity index (χ1) is 12.5. The van der Waals surface area contributed by atoms with Gasteiger partial charge in [0.1, 0.15) is 10.1 Å². The Balaban J connectivity index is 1.83. The summed E-state index contributed by atoms with van der Waals surface area (Å²) in [6.07, 6.45) is 1.90. The third kappa shape index (κ3) is 3.06. The summed E-state index contributed by atoms with van der Waals surface area (Å²) in [5, 5.41) is 3.73. The first-order valence-corrected chi connectivity index (χ1v) is 9.32. The van der Waals surface area contributed by atoms with Gasteiger partial charge >= 0.3 is 0 Å². The molecule has 0 aliphatic carbocycles. The molecule has 0 saturated carbocycles. The molecule has 0 atom stereocenters. The monoisotopic (exact) mass is 382 g/mol. The van der Waals surface area contributed by atoms with Crippen LogP contribution in [0.15, 0.2) is 53.4 Å². The van der Waals surface area contributed by atoms with Gasteiger partial charge in [-0.25, -0.2) is 4.39 Å². The van der Waals surface area contributed by atoms with Crippen LogP contribution in [0.4, 0.5) is 4.39 Å². The lowest BCUT2D eigenvalue weighted by Gasteiger charge is -2.09. The maximum Gasteiger partial charge on any atom is 0.263 e. The van der Waals surface area contributed by atoms with Gasteiger partial charge in [-0.1, -0.05) is 54.3 Å². The fourth-order valence-corrected chi connectivity index (χ4v) is 4.19. The highest BCUT2D eigenvalue weighted by atomic mass is 32.2. The van der Waals surface area contributed by atoms with E-state index < -0.39 is 0 Å². The number of nitrogens with one attached hydrogen (secondary N) is 1. The molecular weight excluding hydrogens is 367 g/mol. The summed E-state index contributed by atoms with van der Waals surface area (Å²) in [6, 6.07) is 14.6. The SMILES string of the molecule is Cc1c(/C=C2\SC(=S)NC2=O)c2ccccc2n1Cc1ccc(F)cc1. The number of thioether (sulfide) groups is 1. The van der Waals surface area contributed by atoms with Crippen LogP contribution in [-0.2, 0) is 11.3 Å². The predicted molar refractivity (Wildman–Crippen MR) is 108 cm³/mol. The minimum atomic E-state index is -0.242. The number of nitrogens with zero attached hydrogens (tertiary/aromatic N) is 1. The fraction of sp³-hybridized carbons (Fsp3) is 0.100. The summed E-state index contributed by atoms with van der Waals surface area (Å²) in [6.45, 7) is 2.67. The van der Waals surface area contributed by atoms with Crippen LogP contribution in [-0.4, -0.2) is 14.8 Å². The Labute approximate surface area is 159 Å². The summed E-state index contributed by atoms with van der Waals surface area (Å²) in [7, 11) is 0. The Morgan fingerprint density at radius 2 is 1.92 bits per heavy atom. The van der Waals surface area contributed by atoms with Gasteiger partial charge in [0.15, 0.2) is 0 Å². The smallest absolute Gasteiger partial charge is 0.263 e. The predicted octanol–water partition coefficient (Wildman–Crippen LogP) is 4.63. The topological polar surface area (TPSA) is 34.0 Å². The number of hydrogen-bond acceptors (Lipinski definition) is 3. The van der Waals surface area contributed by atoms with Crippen LogP contribution in [0.5, 0.6) is 0 Å². The van der Waals surface area contributed by atoms with Crippen molar-refractivity contribution in [3.8, 4) is 0 Å². The van der Waals surface area contributed by atoms with Crippen LogP contribution in [0, 0.1) is 12.7 Å². The average Bonchev–Trinajstić information content (AvgIpc) is 3.08. The van der Waals surface area contributed by atoms with Crippen LogP contribution in [0.1, 0.15) is 16.8 Å². The fourth-order valence-electron chi connectivity index (χ4n) is 3.17. The number of hydrogen-bond donors (Lipinski definition) is 1. The second kappa shape index (κ2) is 6.70. The largest absolute Gasteiger partial charge is 0.340 e. The second-order valence-electron chi connectivity index (χ2n) is 6.08. The van der Waals surface area contributed by atoms with Crippen molar-refractivity contribution in [2.75, 3.05) is 0 Å². The minimum Gasteiger partial charge on any atom is -0.340 e. The molecule has 1 saturated heterocycles. The van der Waals surface area contributed by atoms with Crippen molar-refractivity contribution in [2.45, 2.75) is 13.5 Å². The zero-order chi connectivity index (χ0) is 18.3. The second-order valence-corrected chi connectivity index (χ2v) is 7.80. The summed E-state index contributed by atoms with van der Waals surface area (Å²) >= 11 is 6.36. The van der Waals surface area contributed by atoms with E-state index in [1.807, 2.05) is 31.2 Å². The van der Waals surface area contributed by atoms with Gasteiger partial charge < -0.3 is 9.88 Å². The highest BCUT2D eigenvalue weighted by molar-refractivity contribution is 8.26. The lowest BCUT2D eigenvalue weighted by molar-refractivity contribution is -0.115. The van der Waals surface area contributed by atoms with Crippen LogP contribution in [0.3, 0.4) is 0 Å². The van der Waals surface area contributed by atoms with Crippen molar-refractivity contribution in [1.82, 2.24) is 9.88 Å². The number of halogens is 1. The number of aromatic nitrogens is 1. The van der Waals surface area contributed by atoms with E-state index in [-0.39, 0.29) is 11.7 Å². The molecule has 1 aromatic heterocycles. The quantitative estimate of drug-likeness (QED) is 0.530. The molecular formula is C20H15FN2OS2. The molecule has 0 unspecified atom stereocenters. The minimum absolute atomic E-state index is 0.158.